The van der Waals surface area contributed by atoms with Gasteiger partial charge < -0.3 is 14.7 Å². The molecule has 0 unspecified atom stereocenters. The fourth-order valence-corrected chi connectivity index (χ4v) is 2.14. The van der Waals surface area contributed by atoms with Crippen molar-refractivity contribution >= 4 is 11.9 Å². The van der Waals surface area contributed by atoms with Crippen LogP contribution in [-0.2, 0) is 4.79 Å². The summed E-state index contributed by atoms with van der Waals surface area (Å²) in [4.78, 5) is 24.8. The zero-order valence-corrected chi connectivity index (χ0v) is 12.8. The number of aromatic nitrogens is 4. The number of benzene rings is 1. The lowest BCUT2D eigenvalue weighted by Gasteiger charge is -2.20. The summed E-state index contributed by atoms with van der Waals surface area (Å²) in [6, 6.07) is 4.77. The Hall–Kier alpha value is -2.97. The van der Waals surface area contributed by atoms with E-state index >= 15 is 0 Å². The molecule has 0 bridgehead atoms. The summed E-state index contributed by atoms with van der Waals surface area (Å²) < 4.78 is 6.61. The van der Waals surface area contributed by atoms with Crippen molar-refractivity contribution in [2.45, 2.75) is 13.3 Å². The van der Waals surface area contributed by atoms with Gasteiger partial charge in [0.25, 0.3) is 5.91 Å². The first-order chi connectivity index (χ1) is 11.1. The quantitative estimate of drug-likeness (QED) is 0.796. The Morgan fingerprint density at radius 1 is 1.39 bits per heavy atom. The number of hydrogen-bond acceptors (Lipinski definition) is 6. The van der Waals surface area contributed by atoms with E-state index in [1.165, 1.54) is 23.0 Å². The number of aliphatic carboxylic acids is 1. The van der Waals surface area contributed by atoms with Gasteiger partial charge in [-0.2, -0.15) is 4.68 Å². The van der Waals surface area contributed by atoms with Crippen LogP contribution in [0.5, 0.6) is 5.75 Å². The molecule has 0 aliphatic carbocycles. The second-order valence-corrected chi connectivity index (χ2v) is 4.76. The molecule has 0 saturated heterocycles. The van der Waals surface area contributed by atoms with Crippen molar-refractivity contribution in [2.24, 2.45) is 0 Å². The average molecular weight is 319 g/mol. The number of nitrogens with zero attached hydrogens (tertiary/aromatic N) is 5. The normalized spacial score (nSPS) is 10.3. The summed E-state index contributed by atoms with van der Waals surface area (Å²) in [7, 11) is 1.50. The van der Waals surface area contributed by atoms with Crippen LogP contribution in [0.3, 0.4) is 0 Å². The van der Waals surface area contributed by atoms with Gasteiger partial charge in [-0.1, -0.05) is 6.92 Å². The minimum atomic E-state index is -1.05. The van der Waals surface area contributed by atoms with E-state index in [0.29, 0.717) is 30.0 Å². The number of rotatable bonds is 7. The number of carboxylic acids is 1. The van der Waals surface area contributed by atoms with E-state index in [-0.39, 0.29) is 12.5 Å². The van der Waals surface area contributed by atoms with Gasteiger partial charge >= 0.3 is 5.97 Å². The van der Waals surface area contributed by atoms with Crippen LogP contribution in [0.2, 0.25) is 0 Å². The Morgan fingerprint density at radius 2 is 2.17 bits per heavy atom. The Morgan fingerprint density at radius 3 is 2.74 bits per heavy atom. The molecule has 0 fully saturated rings. The molecule has 0 atom stereocenters. The van der Waals surface area contributed by atoms with Gasteiger partial charge in [0, 0.05) is 12.1 Å². The van der Waals surface area contributed by atoms with E-state index in [4.69, 9.17) is 9.84 Å². The van der Waals surface area contributed by atoms with Crippen LogP contribution >= 0.6 is 0 Å². The van der Waals surface area contributed by atoms with E-state index < -0.39 is 5.97 Å². The maximum Gasteiger partial charge on any atom is 0.323 e. The first kappa shape index (κ1) is 16.4. The Balaban J connectivity index is 2.37. The topological polar surface area (TPSA) is 110 Å². The molecule has 1 N–H and O–H groups in total. The summed E-state index contributed by atoms with van der Waals surface area (Å²) in [6.45, 7) is 1.89. The molecule has 1 heterocycles. The smallest absolute Gasteiger partial charge is 0.323 e. The van der Waals surface area contributed by atoms with Crippen LogP contribution < -0.4 is 4.74 Å². The molecule has 1 aromatic carbocycles. The summed E-state index contributed by atoms with van der Waals surface area (Å²) in [5.74, 6) is -0.929. The highest BCUT2D eigenvalue weighted by Gasteiger charge is 2.19. The van der Waals surface area contributed by atoms with Gasteiger partial charge in [0.1, 0.15) is 24.3 Å². The molecule has 0 aliphatic rings. The predicted molar refractivity (Wildman–Crippen MR) is 79.5 cm³/mol. The van der Waals surface area contributed by atoms with Gasteiger partial charge in [0.15, 0.2) is 0 Å². The number of methoxy groups -OCH3 is 1. The molecular weight excluding hydrogens is 302 g/mol. The lowest BCUT2D eigenvalue weighted by atomic mass is 10.1. The van der Waals surface area contributed by atoms with E-state index in [1.54, 1.807) is 18.2 Å². The van der Waals surface area contributed by atoms with Crippen LogP contribution in [0.4, 0.5) is 0 Å². The van der Waals surface area contributed by atoms with E-state index in [0.717, 1.165) is 0 Å². The summed E-state index contributed by atoms with van der Waals surface area (Å²) in [5, 5.41) is 19.8. The summed E-state index contributed by atoms with van der Waals surface area (Å²) in [5.41, 5.74) is 0.834. The molecule has 0 aliphatic heterocycles. The molecule has 2 aromatic rings. The van der Waals surface area contributed by atoms with Crippen molar-refractivity contribution in [3.63, 3.8) is 0 Å². The Kier molecular flexibility index (Phi) is 5.23. The first-order valence-electron chi connectivity index (χ1n) is 6.99. The van der Waals surface area contributed by atoms with Crippen LogP contribution in [0.15, 0.2) is 24.5 Å². The molecule has 0 radical (unpaired) electrons. The molecule has 0 saturated carbocycles. The molecule has 122 valence electrons. The number of tetrazole rings is 1. The standard InChI is InChI=1S/C14H17N5O4/c1-3-6-18(8-13(20)21)14(22)10-4-5-12(23-2)11(7-10)19-9-15-16-17-19/h4-5,7,9H,3,6,8H2,1-2H3,(H,20,21). The van der Waals surface area contributed by atoms with Crippen molar-refractivity contribution < 1.29 is 19.4 Å². The van der Waals surface area contributed by atoms with E-state index in [2.05, 4.69) is 15.5 Å². The molecular formula is C14H17N5O4. The maximum absolute atomic E-state index is 12.6. The van der Waals surface area contributed by atoms with Gasteiger partial charge in [0.2, 0.25) is 0 Å². The zero-order valence-electron chi connectivity index (χ0n) is 12.8. The summed E-state index contributed by atoms with van der Waals surface area (Å²) in [6.07, 6.45) is 2.04. The SMILES string of the molecule is CCCN(CC(=O)O)C(=O)c1ccc(OC)c(-n2cnnn2)c1. The fraction of sp³-hybridized carbons (Fsp3) is 0.357. The van der Waals surface area contributed by atoms with Crippen molar-refractivity contribution in [1.29, 1.82) is 0 Å². The molecule has 2 rings (SSSR count). The van der Waals surface area contributed by atoms with Crippen LogP contribution in [0, 0.1) is 0 Å². The first-order valence-corrected chi connectivity index (χ1v) is 6.99. The highest BCUT2D eigenvalue weighted by molar-refractivity contribution is 5.96. The third kappa shape index (κ3) is 3.82. The van der Waals surface area contributed by atoms with Gasteiger partial charge in [-0.25, -0.2) is 0 Å². The second kappa shape index (κ2) is 7.34. The molecule has 1 aromatic heterocycles. The van der Waals surface area contributed by atoms with Gasteiger partial charge in [-0.05, 0) is 35.0 Å². The molecule has 1 amide bonds. The minimum absolute atomic E-state index is 0.339. The third-order valence-electron chi connectivity index (χ3n) is 3.13. The van der Waals surface area contributed by atoms with Gasteiger partial charge in [0.05, 0.1) is 7.11 Å². The lowest BCUT2D eigenvalue weighted by Crippen LogP contribution is -2.36. The Bertz CT molecular complexity index is 686. The number of hydrogen-bond donors (Lipinski definition) is 1. The van der Waals surface area contributed by atoms with Crippen LogP contribution in [0.1, 0.15) is 23.7 Å². The van der Waals surface area contributed by atoms with Crippen molar-refractivity contribution in [3.05, 3.63) is 30.1 Å². The molecule has 9 nitrogen and oxygen atoms in total. The third-order valence-corrected chi connectivity index (χ3v) is 3.13. The number of ether oxygens (including phenoxy) is 1. The maximum atomic E-state index is 12.6. The molecule has 23 heavy (non-hydrogen) atoms. The largest absolute Gasteiger partial charge is 0.494 e. The van der Waals surface area contributed by atoms with Crippen molar-refractivity contribution in [3.8, 4) is 11.4 Å². The van der Waals surface area contributed by atoms with Gasteiger partial charge in [-0.15, -0.1) is 5.10 Å². The van der Waals surface area contributed by atoms with E-state index in [1.807, 2.05) is 6.92 Å². The number of amides is 1. The van der Waals surface area contributed by atoms with E-state index in [9.17, 15) is 9.59 Å². The molecule has 9 heteroatoms. The highest BCUT2D eigenvalue weighted by Crippen LogP contribution is 2.23. The zero-order chi connectivity index (χ0) is 16.8. The average Bonchev–Trinajstić information content (AvgIpc) is 3.07. The van der Waals surface area contributed by atoms with Gasteiger partial charge in [-0.3, -0.25) is 9.59 Å². The molecule has 0 spiro atoms. The Labute approximate surface area is 132 Å². The van der Waals surface area contributed by atoms with Crippen molar-refractivity contribution in [2.75, 3.05) is 20.2 Å². The second-order valence-electron chi connectivity index (χ2n) is 4.76. The number of carbonyl (C=O) groups excluding carboxylic acids is 1. The number of carbonyl (C=O) groups is 2. The van der Waals surface area contributed by atoms with Crippen LogP contribution in [-0.4, -0.2) is 62.3 Å². The highest BCUT2D eigenvalue weighted by atomic mass is 16.5. The predicted octanol–water partition coefficient (Wildman–Crippen LogP) is 0.608. The summed E-state index contributed by atoms with van der Waals surface area (Å²) >= 11 is 0. The fourth-order valence-electron chi connectivity index (χ4n) is 2.14. The lowest BCUT2D eigenvalue weighted by molar-refractivity contribution is -0.137. The minimum Gasteiger partial charge on any atom is -0.494 e. The van der Waals surface area contributed by atoms with Crippen molar-refractivity contribution in [1.82, 2.24) is 25.1 Å². The van der Waals surface area contributed by atoms with Crippen LogP contribution in [0.25, 0.3) is 5.69 Å². The monoisotopic (exact) mass is 319 g/mol. The number of carboxylic acid groups (broad SMARTS) is 1.